The van der Waals surface area contributed by atoms with Gasteiger partial charge in [0.05, 0.1) is 11.7 Å². The maximum absolute atomic E-state index is 4.33. The Bertz CT molecular complexity index is 493. The van der Waals surface area contributed by atoms with Gasteiger partial charge in [-0.2, -0.15) is 5.10 Å². The Labute approximate surface area is 115 Å². The number of halogens is 1. The average Bonchev–Trinajstić information content (AvgIpc) is 2.78. The van der Waals surface area contributed by atoms with Crippen LogP contribution in [-0.2, 0) is 6.54 Å². The minimum Gasteiger partial charge on any atom is -0.308 e. The van der Waals surface area contributed by atoms with Crippen molar-refractivity contribution in [1.29, 1.82) is 0 Å². The summed E-state index contributed by atoms with van der Waals surface area (Å²) in [4.78, 5) is 0. The molecular weight excluding hydrogens is 325 g/mol. The molecule has 1 aromatic carbocycles. The maximum atomic E-state index is 4.33. The van der Waals surface area contributed by atoms with Crippen molar-refractivity contribution in [3.05, 3.63) is 51.4 Å². The van der Waals surface area contributed by atoms with E-state index in [1.807, 2.05) is 17.9 Å². The van der Waals surface area contributed by atoms with E-state index in [0.717, 1.165) is 6.54 Å². The quantitative estimate of drug-likeness (QED) is 0.867. The van der Waals surface area contributed by atoms with E-state index in [-0.39, 0.29) is 6.04 Å². The van der Waals surface area contributed by atoms with Crippen LogP contribution in [0.2, 0.25) is 0 Å². The number of benzene rings is 1. The highest BCUT2D eigenvalue weighted by Gasteiger charge is 2.15. The molecule has 1 heterocycles. The second-order valence-corrected chi connectivity index (χ2v) is 5.09. The van der Waals surface area contributed by atoms with Gasteiger partial charge in [-0.1, -0.05) is 12.1 Å². The van der Waals surface area contributed by atoms with Gasteiger partial charge in [-0.25, -0.2) is 0 Å². The van der Waals surface area contributed by atoms with Crippen LogP contribution in [0.4, 0.5) is 0 Å². The van der Waals surface area contributed by atoms with Gasteiger partial charge in [-0.15, -0.1) is 0 Å². The van der Waals surface area contributed by atoms with Gasteiger partial charge in [0, 0.05) is 16.3 Å². The number of aromatic nitrogens is 2. The summed E-state index contributed by atoms with van der Waals surface area (Å²) in [5.74, 6) is 0. The van der Waals surface area contributed by atoms with Crippen LogP contribution in [0.15, 0.2) is 36.5 Å². The summed E-state index contributed by atoms with van der Waals surface area (Å²) in [7, 11) is 1.98. The molecule has 3 nitrogen and oxygen atoms in total. The fourth-order valence-corrected chi connectivity index (χ4v) is 2.59. The normalized spacial score (nSPS) is 12.6. The Morgan fingerprint density at radius 1 is 1.41 bits per heavy atom. The standard InChI is InChI=1S/C13H16IN3/c1-3-17-12(7-8-16-17)13(15-2)10-5-4-6-11(14)9-10/h4-9,13,15H,3H2,1-2H3. The smallest absolute Gasteiger partial charge is 0.0746 e. The van der Waals surface area contributed by atoms with Crippen LogP contribution >= 0.6 is 22.6 Å². The summed E-state index contributed by atoms with van der Waals surface area (Å²) in [6.07, 6.45) is 1.86. The largest absolute Gasteiger partial charge is 0.308 e. The Kier molecular flexibility index (Phi) is 4.17. The molecule has 1 N–H and O–H groups in total. The van der Waals surface area contributed by atoms with Crippen molar-refractivity contribution in [2.75, 3.05) is 7.05 Å². The molecule has 1 unspecified atom stereocenters. The number of rotatable bonds is 4. The van der Waals surface area contributed by atoms with E-state index in [2.05, 4.69) is 70.3 Å². The van der Waals surface area contributed by atoms with Crippen LogP contribution in [0.25, 0.3) is 0 Å². The van der Waals surface area contributed by atoms with E-state index in [4.69, 9.17) is 0 Å². The number of hydrogen-bond donors (Lipinski definition) is 1. The molecule has 1 atom stereocenters. The third kappa shape index (κ3) is 2.69. The zero-order chi connectivity index (χ0) is 12.3. The zero-order valence-corrected chi connectivity index (χ0v) is 12.2. The summed E-state index contributed by atoms with van der Waals surface area (Å²) in [6, 6.07) is 10.8. The molecule has 90 valence electrons. The lowest BCUT2D eigenvalue weighted by Crippen LogP contribution is -2.21. The minimum absolute atomic E-state index is 0.201. The fraction of sp³-hybridized carbons (Fsp3) is 0.308. The SMILES string of the molecule is CCn1nccc1C(NC)c1cccc(I)c1. The summed E-state index contributed by atoms with van der Waals surface area (Å²) in [5.41, 5.74) is 2.48. The van der Waals surface area contributed by atoms with Gasteiger partial charge in [0.2, 0.25) is 0 Å². The van der Waals surface area contributed by atoms with Gasteiger partial charge in [-0.05, 0) is 60.3 Å². The van der Waals surface area contributed by atoms with E-state index in [1.54, 1.807) is 0 Å². The molecule has 0 saturated heterocycles. The van der Waals surface area contributed by atoms with Crippen molar-refractivity contribution in [1.82, 2.24) is 15.1 Å². The molecule has 2 rings (SSSR count). The number of nitrogens with one attached hydrogen (secondary N) is 1. The molecule has 1 aromatic heterocycles. The third-order valence-corrected chi connectivity index (χ3v) is 3.49. The average molecular weight is 341 g/mol. The molecule has 0 aliphatic heterocycles. The highest BCUT2D eigenvalue weighted by molar-refractivity contribution is 14.1. The monoisotopic (exact) mass is 341 g/mol. The van der Waals surface area contributed by atoms with Crippen LogP contribution in [0.3, 0.4) is 0 Å². The summed E-state index contributed by atoms with van der Waals surface area (Å²) in [5, 5.41) is 7.68. The second-order valence-electron chi connectivity index (χ2n) is 3.85. The van der Waals surface area contributed by atoms with Gasteiger partial charge in [0.25, 0.3) is 0 Å². The van der Waals surface area contributed by atoms with Crippen molar-refractivity contribution in [2.24, 2.45) is 0 Å². The molecule has 0 aliphatic carbocycles. The molecule has 0 saturated carbocycles. The number of aryl methyl sites for hydroxylation is 1. The van der Waals surface area contributed by atoms with E-state index >= 15 is 0 Å². The van der Waals surface area contributed by atoms with Crippen molar-refractivity contribution >= 4 is 22.6 Å². The van der Waals surface area contributed by atoms with Gasteiger partial charge in [0.1, 0.15) is 0 Å². The first-order valence-corrected chi connectivity index (χ1v) is 6.78. The molecule has 0 spiro atoms. The Morgan fingerprint density at radius 3 is 2.88 bits per heavy atom. The van der Waals surface area contributed by atoms with E-state index in [0.29, 0.717) is 0 Å². The zero-order valence-electron chi connectivity index (χ0n) is 10.0. The Hall–Kier alpha value is -0.880. The Morgan fingerprint density at radius 2 is 2.24 bits per heavy atom. The van der Waals surface area contributed by atoms with Gasteiger partial charge >= 0.3 is 0 Å². The molecular formula is C13H16IN3. The van der Waals surface area contributed by atoms with Crippen LogP contribution in [0, 0.1) is 3.57 Å². The van der Waals surface area contributed by atoms with E-state index in [9.17, 15) is 0 Å². The molecule has 0 radical (unpaired) electrons. The van der Waals surface area contributed by atoms with E-state index in [1.165, 1.54) is 14.8 Å². The van der Waals surface area contributed by atoms with Gasteiger partial charge in [0.15, 0.2) is 0 Å². The van der Waals surface area contributed by atoms with Crippen LogP contribution in [0.5, 0.6) is 0 Å². The summed E-state index contributed by atoms with van der Waals surface area (Å²) >= 11 is 2.34. The first-order chi connectivity index (χ1) is 8.26. The minimum atomic E-state index is 0.201. The molecule has 0 fully saturated rings. The first-order valence-electron chi connectivity index (χ1n) is 5.70. The number of hydrogen-bond acceptors (Lipinski definition) is 2. The maximum Gasteiger partial charge on any atom is 0.0746 e. The molecule has 0 aliphatic rings. The van der Waals surface area contributed by atoms with Crippen molar-refractivity contribution in [3.63, 3.8) is 0 Å². The fourth-order valence-electron chi connectivity index (χ4n) is 2.02. The number of nitrogens with zero attached hydrogens (tertiary/aromatic N) is 2. The highest BCUT2D eigenvalue weighted by atomic mass is 127. The van der Waals surface area contributed by atoms with Crippen molar-refractivity contribution in [3.8, 4) is 0 Å². The molecule has 17 heavy (non-hydrogen) atoms. The van der Waals surface area contributed by atoms with Crippen molar-refractivity contribution < 1.29 is 0 Å². The molecule has 0 bridgehead atoms. The summed E-state index contributed by atoms with van der Waals surface area (Å²) < 4.78 is 3.28. The predicted molar refractivity (Wildman–Crippen MR) is 78.0 cm³/mol. The van der Waals surface area contributed by atoms with Crippen molar-refractivity contribution in [2.45, 2.75) is 19.5 Å². The molecule has 4 heteroatoms. The highest BCUT2D eigenvalue weighted by Crippen LogP contribution is 2.22. The predicted octanol–water partition coefficient (Wildman–Crippen LogP) is 2.82. The van der Waals surface area contributed by atoms with E-state index < -0.39 is 0 Å². The molecule has 0 amide bonds. The second kappa shape index (κ2) is 5.64. The summed E-state index contributed by atoms with van der Waals surface area (Å²) in [6.45, 7) is 3.00. The molecule has 2 aromatic rings. The Balaban J connectivity index is 2.40. The van der Waals surface area contributed by atoms with Crippen LogP contribution < -0.4 is 5.32 Å². The lowest BCUT2D eigenvalue weighted by Gasteiger charge is -2.18. The lowest BCUT2D eigenvalue weighted by atomic mass is 10.0. The topological polar surface area (TPSA) is 29.9 Å². The first kappa shape index (κ1) is 12.6. The van der Waals surface area contributed by atoms with Crippen LogP contribution in [-0.4, -0.2) is 16.8 Å². The van der Waals surface area contributed by atoms with Gasteiger partial charge in [-0.3, -0.25) is 4.68 Å². The lowest BCUT2D eigenvalue weighted by molar-refractivity contribution is 0.563. The van der Waals surface area contributed by atoms with Crippen LogP contribution in [0.1, 0.15) is 24.2 Å². The van der Waals surface area contributed by atoms with Gasteiger partial charge < -0.3 is 5.32 Å². The third-order valence-electron chi connectivity index (χ3n) is 2.82.